The predicted octanol–water partition coefficient (Wildman–Crippen LogP) is 0.768. The zero-order chi connectivity index (χ0) is 10.1. The van der Waals surface area contributed by atoms with E-state index < -0.39 is 5.97 Å². The van der Waals surface area contributed by atoms with Crippen LogP contribution < -0.4 is 0 Å². The Morgan fingerprint density at radius 2 is 2.43 bits per heavy atom. The molecular formula is C10H12N2O2. The number of aromatic carboxylic acids is 1. The molecule has 4 nitrogen and oxygen atoms in total. The van der Waals surface area contributed by atoms with Crippen molar-refractivity contribution in [2.75, 3.05) is 13.6 Å². The van der Waals surface area contributed by atoms with Crippen LogP contribution in [-0.2, 0) is 13.0 Å². The van der Waals surface area contributed by atoms with Gasteiger partial charge in [-0.3, -0.25) is 4.98 Å². The van der Waals surface area contributed by atoms with Gasteiger partial charge in [0.25, 0.3) is 0 Å². The summed E-state index contributed by atoms with van der Waals surface area (Å²) in [5.74, 6) is -0.854. The minimum Gasteiger partial charge on any atom is -0.478 e. The summed E-state index contributed by atoms with van der Waals surface area (Å²) in [6.07, 6.45) is 2.35. The molecule has 0 spiro atoms. The van der Waals surface area contributed by atoms with Crippen LogP contribution in [-0.4, -0.2) is 34.6 Å². The quantitative estimate of drug-likeness (QED) is 0.714. The number of pyridine rings is 1. The highest BCUT2D eigenvalue weighted by atomic mass is 16.4. The van der Waals surface area contributed by atoms with Crippen molar-refractivity contribution in [2.24, 2.45) is 0 Å². The number of nitrogens with zero attached hydrogens (tertiary/aromatic N) is 2. The summed E-state index contributed by atoms with van der Waals surface area (Å²) < 4.78 is 0. The van der Waals surface area contributed by atoms with Crippen LogP contribution in [0.15, 0.2) is 12.3 Å². The van der Waals surface area contributed by atoms with Crippen LogP contribution in [0.4, 0.5) is 0 Å². The van der Waals surface area contributed by atoms with Gasteiger partial charge in [-0.05, 0) is 25.1 Å². The van der Waals surface area contributed by atoms with Gasteiger partial charge in [0.1, 0.15) is 0 Å². The third kappa shape index (κ3) is 1.48. The Kier molecular flexibility index (Phi) is 2.21. The van der Waals surface area contributed by atoms with Gasteiger partial charge in [0, 0.05) is 19.3 Å². The lowest BCUT2D eigenvalue weighted by Gasteiger charge is -2.24. The Balaban J connectivity index is 2.46. The molecule has 2 rings (SSSR count). The Hall–Kier alpha value is -1.42. The molecule has 0 unspecified atom stereocenters. The number of hydrogen-bond donors (Lipinski definition) is 1. The standard InChI is InChI=1S/C10H12N2O2/c1-12-5-3-7-8(10(13)14)2-4-11-9(7)6-12/h2,4H,3,5-6H2,1H3,(H,13,14). The summed E-state index contributed by atoms with van der Waals surface area (Å²) in [5, 5.41) is 8.97. The summed E-state index contributed by atoms with van der Waals surface area (Å²) in [4.78, 5) is 17.3. The lowest BCUT2D eigenvalue weighted by atomic mass is 10.00. The first-order valence-electron chi connectivity index (χ1n) is 4.57. The molecule has 0 saturated heterocycles. The number of carboxylic acid groups (broad SMARTS) is 1. The molecule has 0 aliphatic carbocycles. The SMILES string of the molecule is CN1CCc2c(C(=O)O)ccnc2C1. The van der Waals surface area contributed by atoms with Gasteiger partial charge in [0.05, 0.1) is 11.3 Å². The largest absolute Gasteiger partial charge is 0.478 e. The Labute approximate surface area is 82.2 Å². The fourth-order valence-corrected chi connectivity index (χ4v) is 1.79. The zero-order valence-corrected chi connectivity index (χ0v) is 8.03. The van der Waals surface area contributed by atoms with Crippen LogP contribution in [0.25, 0.3) is 0 Å². The van der Waals surface area contributed by atoms with Crippen molar-refractivity contribution in [1.82, 2.24) is 9.88 Å². The number of hydrogen-bond acceptors (Lipinski definition) is 3. The van der Waals surface area contributed by atoms with Crippen molar-refractivity contribution in [3.63, 3.8) is 0 Å². The van der Waals surface area contributed by atoms with Crippen molar-refractivity contribution >= 4 is 5.97 Å². The summed E-state index contributed by atoms with van der Waals surface area (Å²) in [5.41, 5.74) is 2.21. The van der Waals surface area contributed by atoms with E-state index in [1.807, 2.05) is 7.05 Å². The molecule has 0 atom stereocenters. The van der Waals surface area contributed by atoms with Crippen LogP contribution in [0.3, 0.4) is 0 Å². The molecule has 0 bridgehead atoms. The van der Waals surface area contributed by atoms with Gasteiger partial charge in [0.15, 0.2) is 0 Å². The van der Waals surface area contributed by atoms with Crippen molar-refractivity contribution < 1.29 is 9.90 Å². The topological polar surface area (TPSA) is 53.4 Å². The maximum atomic E-state index is 10.9. The highest BCUT2D eigenvalue weighted by Crippen LogP contribution is 2.19. The summed E-state index contributed by atoms with van der Waals surface area (Å²) in [7, 11) is 2.01. The maximum absolute atomic E-state index is 10.9. The third-order valence-electron chi connectivity index (χ3n) is 2.54. The average Bonchev–Trinajstić information content (AvgIpc) is 2.16. The van der Waals surface area contributed by atoms with Crippen LogP contribution in [0.2, 0.25) is 0 Å². The average molecular weight is 192 g/mol. The fraction of sp³-hybridized carbons (Fsp3) is 0.400. The Bertz CT molecular complexity index is 376. The Morgan fingerprint density at radius 3 is 3.14 bits per heavy atom. The first kappa shape index (κ1) is 9.15. The molecule has 74 valence electrons. The van der Waals surface area contributed by atoms with Crippen LogP contribution in [0.1, 0.15) is 21.6 Å². The van der Waals surface area contributed by atoms with E-state index in [1.165, 1.54) is 0 Å². The molecule has 0 fully saturated rings. The van der Waals surface area contributed by atoms with Crippen LogP contribution in [0.5, 0.6) is 0 Å². The minimum atomic E-state index is -0.854. The minimum absolute atomic E-state index is 0.406. The van der Waals surface area contributed by atoms with Gasteiger partial charge in [-0.15, -0.1) is 0 Å². The smallest absolute Gasteiger partial charge is 0.336 e. The number of fused-ring (bicyclic) bond motifs is 1. The second kappa shape index (κ2) is 3.38. The number of carbonyl (C=O) groups is 1. The van der Waals surface area contributed by atoms with E-state index in [4.69, 9.17) is 5.11 Å². The van der Waals surface area contributed by atoms with E-state index >= 15 is 0 Å². The summed E-state index contributed by atoms with van der Waals surface area (Å²) in [6, 6.07) is 1.58. The molecule has 1 aromatic rings. The van der Waals surface area contributed by atoms with Gasteiger partial charge in [-0.2, -0.15) is 0 Å². The van der Waals surface area contributed by atoms with E-state index in [-0.39, 0.29) is 0 Å². The molecule has 14 heavy (non-hydrogen) atoms. The maximum Gasteiger partial charge on any atom is 0.336 e. The molecular weight excluding hydrogens is 180 g/mol. The fourth-order valence-electron chi connectivity index (χ4n) is 1.79. The van der Waals surface area contributed by atoms with Gasteiger partial charge in [0.2, 0.25) is 0 Å². The van der Waals surface area contributed by atoms with E-state index in [1.54, 1.807) is 12.3 Å². The van der Waals surface area contributed by atoms with E-state index in [2.05, 4.69) is 9.88 Å². The van der Waals surface area contributed by atoms with Crippen molar-refractivity contribution in [3.05, 3.63) is 29.1 Å². The van der Waals surface area contributed by atoms with Crippen LogP contribution >= 0.6 is 0 Å². The van der Waals surface area contributed by atoms with Crippen molar-refractivity contribution in [1.29, 1.82) is 0 Å². The van der Waals surface area contributed by atoms with Crippen molar-refractivity contribution in [3.8, 4) is 0 Å². The molecule has 4 heteroatoms. The van der Waals surface area contributed by atoms with Crippen molar-refractivity contribution in [2.45, 2.75) is 13.0 Å². The summed E-state index contributed by atoms with van der Waals surface area (Å²) >= 11 is 0. The summed E-state index contributed by atoms with van der Waals surface area (Å²) in [6.45, 7) is 1.65. The van der Waals surface area contributed by atoms with E-state index in [9.17, 15) is 4.79 Å². The van der Waals surface area contributed by atoms with Gasteiger partial charge in [-0.1, -0.05) is 0 Å². The Morgan fingerprint density at radius 1 is 1.64 bits per heavy atom. The highest BCUT2D eigenvalue weighted by Gasteiger charge is 2.19. The molecule has 1 N–H and O–H groups in total. The lowest BCUT2D eigenvalue weighted by Crippen LogP contribution is -2.28. The second-order valence-corrected chi connectivity index (χ2v) is 3.58. The first-order valence-corrected chi connectivity index (χ1v) is 4.57. The first-order chi connectivity index (χ1) is 6.68. The van der Waals surface area contributed by atoms with E-state index in [0.29, 0.717) is 5.56 Å². The molecule has 0 aromatic carbocycles. The molecule has 0 radical (unpaired) electrons. The number of likely N-dealkylation sites (N-methyl/N-ethyl adjacent to an activating group) is 1. The third-order valence-corrected chi connectivity index (χ3v) is 2.54. The highest BCUT2D eigenvalue weighted by molar-refractivity contribution is 5.89. The van der Waals surface area contributed by atoms with Gasteiger partial charge < -0.3 is 10.0 Å². The molecule has 1 aliphatic rings. The number of rotatable bonds is 1. The van der Waals surface area contributed by atoms with Crippen LogP contribution in [0, 0.1) is 0 Å². The number of aromatic nitrogens is 1. The lowest BCUT2D eigenvalue weighted by molar-refractivity contribution is 0.0694. The zero-order valence-electron chi connectivity index (χ0n) is 8.03. The molecule has 2 heterocycles. The van der Waals surface area contributed by atoms with Gasteiger partial charge in [-0.25, -0.2) is 4.79 Å². The predicted molar refractivity (Wildman–Crippen MR) is 51.2 cm³/mol. The second-order valence-electron chi connectivity index (χ2n) is 3.58. The molecule has 0 saturated carbocycles. The number of carboxylic acids is 1. The van der Waals surface area contributed by atoms with E-state index in [0.717, 1.165) is 30.8 Å². The normalized spacial score (nSPS) is 16.4. The molecule has 1 aliphatic heterocycles. The monoisotopic (exact) mass is 192 g/mol. The molecule has 1 aromatic heterocycles. The molecule has 0 amide bonds. The van der Waals surface area contributed by atoms with Gasteiger partial charge >= 0.3 is 5.97 Å².